The Bertz CT molecular complexity index is 759. The third-order valence-corrected chi connectivity index (χ3v) is 5.94. The Morgan fingerprint density at radius 3 is 2.58 bits per heavy atom. The summed E-state index contributed by atoms with van der Waals surface area (Å²) in [6.45, 7) is -0.499. The smallest absolute Gasteiger partial charge is 0.405 e. The molecule has 0 aromatic carbocycles. The molecule has 1 aliphatic carbocycles. The lowest BCUT2D eigenvalue weighted by Gasteiger charge is -2.28. The Morgan fingerprint density at radius 1 is 1.25 bits per heavy atom. The van der Waals surface area contributed by atoms with E-state index in [0.717, 1.165) is 19.0 Å². The summed E-state index contributed by atoms with van der Waals surface area (Å²) in [5.41, 5.74) is -0.202. The van der Waals surface area contributed by atoms with E-state index in [0.29, 0.717) is 11.2 Å². The molecule has 1 atom stereocenters. The summed E-state index contributed by atoms with van der Waals surface area (Å²) in [4.78, 5) is 25.9. The van der Waals surface area contributed by atoms with Gasteiger partial charge in [-0.15, -0.1) is 0 Å². The van der Waals surface area contributed by atoms with Crippen LogP contribution in [0.2, 0.25) is 0 Å². The number of ether oxygens (including phenoxy) is 1. The van der Waals surface area contributed by atoms with E-state index in [9.17, 15) is 23.2 Å². The molecule has 1 aliphatic heterocycles. The summed E-state index contributed by atoms with van der Waals surface area (Å²) in [6.07, 6.45) is 3.24. The number of carbonyl (C=O) groups is 2. The molecular formula is C15H18N2O6S. The highest BCUT2D eigenvalue weighted by Crippen LogP contribution is 2.32. The molecule has 1 saturated heterocycles. The molecular weight excluding hydrogens is 336 g/mol. The Hall–Kier alpha value is -2.16. The number of carbonyl (C=O) groups excluding carboxylic acids is 2. The van der Waals surface area contributed by atoms with E-state index in [2.05, 4.69) is 0 Å². The Balaban J connectivity index is 1.63. The summed E-state index contributed by atoms with van der Waals surface area (Å²) < 4.78 is 28.6. The minimum absolute atomic E-state index is 0.0238. The first-order chi connectivity index (χ1) is 11.4. The molecule has 24 heavy (non-hydrogen) atoms. The van der Waals surface area contributed by atoms with Crippen LogP contribution in [0.3, 0.4) is 0 Å². The van der Waals surface area contributed by atoms with Crippen molar-refractivity contribution in [2.75, 3.05) is 18.1 Å². The molecule has 0 bridgehead atoms. The molecule has 8 nitrogen and oxygen atoms in total. The second-order valence-electron chi connectivity index (χ2n) is 6.08. The molecule has 130 valence electrons. The molecule has 1 aromatic heterocycles. The Kier molecular flexibility index (Phi) is 4.44. The summed E-state index contributed by atoms with van der Waals surface area (Å²) in [6, 6.07) is 3.98. The van der Waals surface area contributed by atoms with Crippen LogP contribution in [0, 0.1) is 5.21 Å². The highest BCUT2D eigenvalue weighted by atomic mass is 32.2. The fourth-order valence-electron chi connectivity index (χ4n) is 2.91. The summed E-state index contributed by atoms with van der Waals surface area (Å²) >= 11 is 0. The van der Waals surface area contributed by atoms with E-state index < -0.39 is 28.3 Å². The second-order valence-corrected chi connectivity index (χ2v) is 8.31. The highest BCUT2D eigenvalue weighted by molar-refractivity contribution is 7.91. The van der Waals surface area contributed by atoms with Gasteiger partial charge in [0.25, 0.3) is 5.91 Å². The minimum Gasteiger partial charge on any atom is -0.618 e. The van der Waals surface area contributed by atoms with E-state index in [1.165, 1.54) is 18.2 Å². The zero-order valence-corrected chi connectivity index (χ0v) is 13.8. The second kappa shape index (κ2) is 6.39. The first-order valence-corrected chi connectivity index (χ1v) is 9.56. The third kappa shape index (κ3) is 3.66. The van der Waals surface area contributed by atoms with E-state index >= 15 is 0 Å². The van der Waals surface area contributed by atoms with Crippen LogP contribution >= 0.6 is 0 Å². The molecule has 1 amide bonds. The number of nitrogens with zero attached hydrogens (tertiary/aromatic N) is 2. The highest BCUT2D eigenvalue weighted by Gasteiger charge is 2.42. The largest absolute Gasteiger partial charge is 0.618 e. The lowest BCUT2D eigenvalue weighted by atomic mass is 10.2. The van der Waals surface area contributed by atoms with Crippen LogP contribution in [-0.4, -0.2) is 55.4 Å². The van der Waals surface area contributed by atoms with E-state index in [1.54, 1.807) is 4.90 Å². The lowest BCUT2D eigenvalue weighted by Crippen LogP contribution is -2.45. The average Bonchev–Trinajstić information content (AvgIpc) is 3.29. The Labute approximate surface area is 139 Å². The quantitative estimate of drug-likeness (QED) is 0.406. The van der Waals surface area contributed by atoms with Gasteiger partial charge in [-0.25, -0.2) is 13.2 Å². The van der Waals surface area contributed by atoms with Gasteiger partial charge in [0, 0.05) is 24.2 Å². The number of esters is 1. The van der Waals surface area contributed by atoms with Crippen LogP contribution in [-0.2, 0) is 19.4 Å². The van der Waals surface area contributed by atoms with E-state index in [-0.39, 0.29) is 29.3 Å². The van der Waals surface area contributed by atoms with Crippen LogP contribution in [0.15, 0.2) is 24.4 Å². The van der Waals surface area contributed by atoms with Gasteiger partial charge in [0.15, 0.2) is 22.6 Å². The average molecular weight is 354 g/mol. The molecule has 2 heterocycles. The summed E-state index contributed by atoms with van der Waals surface area (Å²) in [5, 5.41) is 11.5. The molecule has 1 saturated carbocycles. The van der Waals surface area contributed by atoms with Crippen molar-refractivity contribution >= 4 is 21.7 Å². The molecule has 0 spiro atoms. The van der Waals surface area contributed by atoms with Crippen molar-refractivity contribution < 1.29 is 27.5 Å². The summed E-state index contributed by atoms with van der Waals surface area (Å²) in [7, 11) is -3.11. The van der Waals surface area contributed by atoms with Crippen LogP contribution in [0.25, 0.3) is 0 Å². The maximum absolute atomic E-state index is 12.4. The van der Waals surface area contributed by atoms with Crippen molar-refractivity contribution in [3.63, 3.8) is 0 Å². The molecule has 0 unspecified atom stereocenters. The van der Waals surface area contributed by atoms with Crippen molar-refractivity contribution in [3.8, 4) is 0 Å². The van der Waals surface area contributed by atoms with Crippen molar-refractivity contribution in [2.45, 2.75) is 31.3 Å². The van der Waals surface area contributed by atoms with Gasteiger partial charge in [-0.2, -0.15) is 4.73 Å². The first kappa shape index (κ1) is 16.7. The topological polar surface area (TPSA) is 108 Å². The van der Waals surface area contributed by atoms with Crippen molar-refractivity contribution in [1.29, 1.82) is 0 Å². The number of sulfone groups is 1. The number of pyridine rings is 1. The van der Waals surface area contributed by atoms with Crippen LogP contribution in [0.5, 0.6) is 0 Å². The molecule has 0 N–H and O–H groups in total. The monoisotopic (exact) mass is 354 g/mol. The van der Waals surface area contributed by atoms with Gasteiger partial charge in [0.05, 0.1) is 11.5 Å². The number of rotatable bonds is 5. The van der Waals surface area contributed by atoms with Gasteiger partial charge in [0.1, 0.15) is 0 Å². The van der Waals surface area contributed by atoms with Gasteiger partial charge in [-0.1, -0.05) is 0 Å². The van der Waals surface area contributed by atoms with E-state index in [4.69, 9.17) is 4.74 Å². The van der Waals surface area contributed by atoms with Gasteiger partial charge in [-0.05, 0) is 25.3 Å². The maximum atomic E-state index is 12.4. The first-order valence-electron chi connectivity index (χ1n) is 7.74. The van der Waals surface area contributed by atoms with Crippen LogP contribution in [0.4, 0.5) is 0 Å². The minimum atomic E-state index is -3.11. The SMILES string of the molecule is O=C(OCC(=O)N(C1CC1)[C@@H]1CCS(=O)(=O)C1)c1cccc[n+]1[O-]. The number of aromatic nitrogens is 1. The van der Waals surface area contributed by atoms with Gasteiger partial charge < -0.3 is 14.8 Å². The molecule has 2 aliphatic rings. The molecule has 1 aromatic rings. The number of hydrogen-bond donors (Lipinski definition) is 0. The van der Waals surface area contributed by atoms with Crippen LogP contribution in [0.1, 0.15) is 29.8 Å². The molecule has 9 heteroatoms. The molecule has 3 rings (SSSR count). The van der Waals surface area contributed by atoms with Crippen molar-refractivity contribution in [3.05, 3.63) is 35.3 Å². The standard InChI is InChI=1S/C15H18N2O6S/c18-14(9-23-15(19)13-3-1-2-7-16(13)20)17(11-4-5-11)12-6-8-24(21,22)10-12/h1-3,7,11-12H,4-6,8-10H2/t12-/m1/s1. The third-order valence-electron chi connectivity index (χ3n) is 4.19. The fraction of sp³-hybridized carbons (Fsp3) is 0.533. The Morgan fingerprint density at radius 2 is 2.00 bits per heavy atom. The number of amides is 1. The molecule has 2 fully saturated rings. The zero-order chi connectivity index (χ0) is 17.3. The van der Waals surface area contributed by atoms with Gasteiger partial charge in [0.2, 0.25) is 0 Å². The predicted octanol–water partition coefficient (Wildman–Crippen LogP) is -0.345. The summed E-state index contributed by atoms with van der Waals surface area (Å²) in [5.74, 6) is -1.26. The van der Waals surface area contributed by atoms with Gasteiger partial charge >= 0.3 is 11.7 Å². The normalized spacial score (nSPS) is 22.1. The zero-order valence-electron chi connectivity index (χ0n) is 13.0. The van der Waals surface area contributed by atoms with Gasteiger partial charge in [-0.3, -0.25) is 4.79 Å². The number of hydrogen-bond acceptors (Lipinski definition) is 6. The molecule has 0 radical (unpaired) electrons. The predicted molar refractivity (Wildman–Crippen MR) is 82.6 cm³/mol. The van der Waals surface area contributed by atoms with Crippen molar-refractivity contribution in [1.82, 2.24) is 4.90 Å². The lowest BCUT2D eigenvalue weighted by molar-refractivity contribution is -0.608. The van der Waals surface area contributed by atoms with Crippen LogP contribution < -0.4 is 4.73 Å². The van der Waals surface area contributed by atoms with Crippen molar-refractivity contribution in [2.24, 2.45) is 0 Å². The fourth-order valence-corrected chi connectivity index (χ4v) is 4.63. The maximum Gasteiger partial charge on any atom is 0.405 e. The van der Waals surface area contributed by atoms with E-state index in [1.807, 2.05) is 0 Å².